The number of nitrogens with zero attached hydrogens (tertiary/aromatic N) is 4. The van der Waals surface area contributed by atoms with Crippen molar-refractivity contribution < 1.29 is 17.2 Å². The second-order valence-corrected chi connectivity index (χ2v) is 9.90. The van der Waals surface area contributed by atoms with Crippen LogP contribution >= 0.6 is 0 Å². The lowest BCUT2D eigenvalue weighted by Gasteiger charge is -2.34. The van der Waals surface area contributed by atoms with Crippen molar-refractivity contribution in [1.29, 1.82) is 0 Å². The predicted molar refractivity (Wildman–Crippen MR) is 121 cm³/mol. The number of fused-ring (bicyclic) bond motifs is 1. The van der Waals surface area contributed by atoms with Crippen molar-refractivity contribution in [1.82, 2.24) is 18.6 Å². The van der Waals surface area contributed by atoms with E-state index in [1.165, 1.54) is 4.31 Å². The van der Waals surface area contributed by atoms with E-state index in [1.54, 1.807) is 0 Å². The zero-order valence-corrected chi connectivity index (χ0v) is 18.5. The molecule has 6 nitrogen and oxygen atoms in total. The lowest BCUT2D eigenvalue weighted by Crippen LogP contribution is -2.48. The number of hydrogen-bond donors (Lipinski definition) is 0. The maximum atomic E-state index is 13.6. The molecule has 9 heteroatoms. The number of piperazine rings is 1. The predicted octanol–water partition coefficient (Wildman–Crippen LogP) is 3.79. The van der Waals surface area contributed by atoms with E-state index >= 15 is 0 Å². The van der Waals surface area contributed by atoms with Gasteiger partial charge in [-0.2, -0.15) is 4.31 Å². The minimum absolute atomic E-state index is 0.233. The van der Waals surface area contributed by atoms with Gasteiger partial charge in [0.15, 0.2) is 11.6 Å². The first-order chi connectivity index (χ1) is 15.9. The number of aromatic nitrogens is 2. The first-order valence-electron chi connectivity index (χ1n) is 10.6. The van der Waals surface area contributed by atoms with Gasteiger partial charge < -0.3 is 4.40 Å². The van der Waals surface area contributed by atoms with E-state index in [2.05, 4.69) is 9.30 Å². The first kappa shape index (κ1) is 21.7. The Morgan fingerprint density at radius 1 is 0.848 bits per heavy atom. The summed E-state index contributed by atoms with van der Waals surface area (Å²) >= 11 is 0. The third-order valence-electron chi connectivity index (χ3n) is 5.91. The van der Waals surface area contributed by atoms with Crippen LogP contribution in [0.4, 0.5) is 8.78 Å². The molecule has 3 heterocycles. The van der Waals surface area contributed by atoms with Crippen LogP contribution in [-0.4, -0.2) is 53.2 Å². The summed E-state index contributed by atoms with van der Waals surface area (Å²) in [5.74, 6) is -2.24. The normalized spacial score (nSPS) is 15.8. The fourth-order valence-corrected chi connectivity index (χ4v) is 5.59. The average molecular weight is 469 g/mol. The van der Waals surface area contributed by atoms with E-state index in [0.717, 1.165) is 40.8 Å². The van der Waals surface area contributed by atoms with Gasteiger partial charge in [-0.1, -0.05) is 36.4 Å². The maximum absolute atomic E-state index is 13.6. The van der Waals surface area contributed by atoms with Crippen molar-refractivity contribution in [2.75, 3.05) is 26.2 Å². The number of rotatable bonds is 5. The third kappa shape index (κ3) is 4.15. The highest BCUT2D eigenvalue weighted by Gasteiger charge is 2.30. The zero-order valence-electron chi connectivity index (χ0n) is 17.7. The number of sulfonamides is 1. The van der Waals surface area contributed by atoms with Gasteiger partial charge in [0.25, 0.3) is 0 Å². The zero-order chi connectivity index (χ0) is 23.0. The van der Waals surface area contributed by atoms with Gasteiger partial charge in [0.05, 0.1) is 16.3 Å². The molecule has 0 spiro atoms. The molecule has 0 amide bonds. The van der Waals surface area contributed by atoms with E-state index < -0.39 is 21.7 Å². The lowest BCUT2D eigenvalue weighted by molar-refractivity contribution is 0.180. The summed E-state index contributed by atoms with van der Waals surface area (Å²) < 4.78 is 56.0. The first-order valence-corrected chi connectivity index (χ1v) is 12.1. The number of benzene rings is 2. The average Bonchev–Trinajstić information content (AvgIpc) is 3.20. The molecule has 0 unspecified atom stereocenters. The van der Waals surface area contributed by atoms with Crippen molar-refractivity contribution >= 4 is 15.7 Å². The molecule has 0 N–H and O–H groups in total. The van der Waals surface area contributed by atoms with Gasteiger partial charge in [-0.15, -0.1) is 0 Å². The lowest BCUT2D eigenvalue weighted by atomic mass is 10.1. The van der Waals surface area contributed by atoms with Crippen LogP contribution in [0.1, 0.15) is 5.69 Å². The van der Waals surface area contributed by atoms with Crippen LogP contribution in [0.15, 0.2) is 77.8 Å². The largest absolute Gasteiger partial charge is 0.302 e. The van der Waals surface area contributed by atoms with Gasteiger partial charge in [-0.05, 0) is 30.3 Å². The van der Waals surface area contributed by atoms with Crippen LogP contribution in [0, 0.1) is 11.6 Å². The Bertz CT molecular complexity index is 1400. The number of imidazole rings is 1. The van der Waals surface area contributed by atoms with Gasteiger partial charge in [0, 0.05) is 44.5 Å². The Morgan fingerprint density at radius 2 is 1.58 bits per heavy atom. The van der Waals surface area contributed by atoms with Crippen molar-refractivity contribution in [2.24, 2.45) is 0 Å². The smallest absolute Gasteiger partial charge is 0.243 e. The molecule has 33 heavy (non-hydrogen) atoms. The number of hydrogen-bond acceptors (Lipinski definition) is 4. The van der Waals surface area contributed by atoms with Crippen molar-refractivity contribution in [2.45, 2.75) is 11.4 Å². The fraction of sp³-hybridized carbons (Fsp3) is 0.208. The Balaban J connectivity index is 1.36. The summed E-state index contributed by atoms with van der Waals surface area (Å²) in [7, 11) is -3.89. The van der Waals surface area contributed by atoms with Crippen LogP contribution in [0.5, 0.6) is 0 Å². The molecule has 5 rings (SSSR count). The molecule has 0 saturated carbocycles. The molecule has 0 radical (unpaired) electrons. The highest BCUT2D eigenvalue weighted by atomic mass is 32.2. The van der Waals surface area contributed by atoms with E-state index in [4.69, 9.17) is 4.98 Å². The molecule has 4 aromatic rings. The Kier molecular flexibility index (Phi) is 5.69. The molecular formula is C24H22F2N4O2S. The monoisotopic (exact) mass is 468 g/mol. The van der Waals surface area contributed by atoms with Gasteiger partial charge >= 0.3 is 0 Å². The SMILES string of the molecule is O=S(=O)(c1ccc(F)c(F)c1)N1CCN(Cc2c(-c3ccccc3)nc3ccccn23)CC1. The summed E-state index contributed by atoms with van der Waals surface area (Å²) in [5, 5.41) is 0. The van der Waals surface area contributed by atoms with Crippen molar-refractivity contribution in [3.8, 4) is 11.3 Å². The Morgan fingerprint density at radius 3 is 2.30 bits per heavy atom. The second kappa shape index (κ2) is 8.66. The Labute approximate surface area is 190 Å². The van der Waals surface area contributed by atoms with E-state index in [9.17, 15) is 17.2 Å². The molecule has 0 aliphatic carbocycles. The molecular weight excluding hydrogens is 446 g/mol. The van der Waals surface area contributed by atoms with Gasteiger partial charge in [-0.3, -0.25) is 4.90 Å². The summed E-state index contributed by atoms with van der Waals surface area (Å²) in [6.07, 6.45) is 1.98. The molecule has 2 aromatic carbocycles. The fourth-order valence-electron chi connectivity index (χ4n) is 4.15. The van der Waals surface area contributed by atoms with Crippen LogP contribution < -0.4 is 0 Å². The highest BCUT2D eigenvalue weighted by Crippen LogP contribution is 2.27. The summed E-state index contributed by atoms with van der Waals surface area (Å²) in [5.41, 5.74) is 3.81. The molecule has 1 aliphatic rings. The van der Waals surface area contributed by atoms with Crippen molar-refractivity contribution in [3.05, 3.63) is 90.3 Å². The number of halogens is 2. The van der Waals surface area contributed by atoms with E-state index in [1.807, 2.05) is 54.7 Å². The second-order valence-electron chi connectivity index (χ2n) is 7.96. The molecule has 0 bridgehead atoms. The summed E-state index contributed by atoms with van der Waals surface area (Å²) in [6, 6.07) is 18.5. The van der Waals surface area contributed by atoms with Crippen LogP contribution in [0.2, 0.25) is 0 Å². The minimum Gasteiger partial charge on any atom is -0.302 e. The maximum Gasteiger partial charge on any atom is 0.243 e. The quantitative estimate of drug-likeness (QED) is 0.447. The van der Waals surface area contributed by atoms with Crippen LogP contribution in [-0.2, 0) is 16.6 Å². The number of pyridine rings is 1. The summed E-state index contributed by atoms with van der Waals surface area (Å²) in [6.45, 7) is 2.15. The minimum atomic E-state index is -3.89. The Hall–Kier alpha value is -3.14. The van der Waals surface area contributed by atoms with Crippen molar-refractivity contribution in [3.63, 3.8) is 0 Å². The topological polar surface area (TPSA) is 57.9 Å². The van der Waals surface area contributed by atoms with Gasteiger partial charge in [0.2, 0.25) is 10.0 Å². The third-order valence-corrected chi connectivity index (χ3v) is 7.80. The molecule has 170 valence electrons. The molecule has 1 aliphatic heterocycles. The summed E-state index contributed by atoms with van der Waals surface area (Å²) in [4.78, 5) is 6.77. The highest BCUT2D eigenvalue weighted by molar-refractivity contribution is 7.89. The van der Waals surface area contributed by atoms with Crippen LogP contribution in [0.25, 0.3) is 16.9 Å². The standard InChI is InChI=1S/C24H22F2N4O2S/c25-20-10-9-19(16-21(20)26)33(31,32)29-14-12-28(13-15-29)17-22-24(18-6-2-1-3-7-18)27-23-8-4-5-11-30(22)23/h1-11,16H,12-15,17H2. The van der Waals surface area contributed by atoms with E-state index in [0.29, 0.717) is 19.6 Å². The van der Waals surface area contributed by atoms with Gasteiger partial charge in [0.1, 0.15) is 5.65 Å². The molecule has 2 aromatic heterocycles. The molecule has 1 saturated heterocycles. The van der Waals surface area contributed by atoms with E-state index in [-0.39, 0.29) is 18.0 Å². The van der Waals surface area contributed by atoms with Crippen LogP contribution in [0.3, 0.4) is 0 Å². The van der Waals surface area contributed by atoms with Gasteiger partial charge in [-0.25, -0.2) is 22.2 Å². The molecule has 1 fully saturated rings. The molecule has 0 atom stereocenters.